The van der Waals surface area contributed by atoms with E-state index in [0.717, 1.165) is 18.4 Å². The molecule has 152 valence electrons. The molecule has 2 atom stereocenters. The van der Waals surface area contributed by atoms with Gasteiger partial charge in [0.05, 0.1) is 18.4 Å². The van der Waals surface area contributed by atoms with Crippen molar-refractivity contribution in [2.75, 3.05) is 18.5 Å². The largest absolute Gasteiger partial charge is 0.481 e. The number of rotatable bonds is 7. The van der Waals surface area contributed by atoms with Crippen LogP contribution in [-0.2, 0) is 14.3 Å². The molecule has 1 saturated heterocycles. The van der Waals surface area contributed by atoms with E-state index in [4.69, 9.17) is 9.84 Å². The molecule has 3 N–H and O–H groups in total. The lowest BCUT2D eigenvalue weighted by atomic mass is 9.88. The fourth-order valence-corrected chi connectivity index (χ4v) is 3.35. The second-order valence-electron chi connectivity index (χ2n) is 6.92. The van der Waals surface area contributed by atoms with E-state index >= 15 is 0 Å². The zero-order valence-electron chi connectivity index (χ0n) is 16.0. The summed E-state index contributed by atoms with van der Waals surface area (Å²) in [4.78, 5) is 35.4. The highest BCUT2D eigenvalue weighted by molar-refractivity contribution is 5.96. The fourth-order valence-electron chi connectivity index (χ4n) is 3.35. The molecule has 0 radical (unpaired) electrons. The van der Waals surface area contributed by atoms with Crippen molar-refractivity contribution in [1.82, 2.24) is 5.32 Å². The Morgan fingerprint density at radius 2 is 1.76 bits per heavy atom. The van der Waals surface area contributed by atoms with Gasteiger partial charge in [-0.05, 0) is 42.7 Å². The van der Waals surface area contributed by atoms with Crippen LogP contribution in [-0.4, -0.2) is 36.0 Å². The molecule has 1 heterocycles. The lowest BCUT2D eigenvalue weighted by Crippen LogP contribution is -2.33. The fraction of sp³-hybridized carbons (Fsp3) is 0.318. The summed E-state index contributed by atoms with van der Waals surface area (Å²) in [5.41, 5.74) is 1.98. The van der Waals surface area contributed by atoms with E-state index in [1.54, 1.807) is 24.3 Å². The minimum Gasteiger partial charge on any atom is -0.481 e. The first kappa shape index (κ1) is 20.5. The number of carboxylic acid groups (broad SMARTS) is 1. The molecule has 1 fully saturated rings. The predicted octanol–water partition coefficient (Wildman–Crippen LogP) is 3.00. The molecule has 0 saturated carbocycles. The monoisotopic (exact) mass is 396 g/mol. The third-order valence-corrected chi connectivity index (χ3v) is 4.83. The highest BCUT2D eigenvalue weighted by Gasteiger charge is 2.33. The number of carbonyl (C=O) groups excluding carboxylic acids is 2. The zero-order valence-corrected chi connectivity index (χ0v) is 16.0. The number of carboxylic acids is 1. The lowest BCUT2D eigenvalue weighted by Gasteiger charge is -2.31. The molecule has 29 heavy (non-hydrogen) atoms. The molecule has 2 unspecified atom stereocenters. The van der Waals surface area contributed by atoms with Crippen molar-refractivity contribution in [3.05, 3.63) is 65.7 Å². The Bertz CT molecular complexity index is 851. The molecule has 7 heteroatoms. The van der Waals surface area contributed by atoms with Crippen molar-refractivity contribution >= 4 is 23.5 Å². The maximum Gasteiger partial charge on any atom is 0.305 e. The van der Waals surface area contributed by atoms with Crippen molar-refractivity contribution in [2.24, 2.45) is 5.92 Å². The summed E-state index contributed by atoms with van der Waals surface area (Å²) in [5.74, 6) is -1.72. The standard InChI is InChI=1S/C22H24N2O5/c25-19(26)12-13-23-21(27)16-8-10-17(11-9-16)24-22(28)18-7-4-14-29-20(18)15-5-2-1-3-6-15/h1-3,5-6,8-11,18,20H,4,7,12-14H2,(H,23,27)(H,24,28)(H,25,26). The van der Waals surface area contributed by atoms with Gasteiger partial charge in [-0.25, -0.2) is 0 Å². The topological polar surface area (TPSA) is 105 Å². The molecule has 1 aliphatic rings. The summed E-state index contributed by atoms with van der Waals surface area (Å²) in [7, 11) is 0. The smallest absolute Gasteiger partial charge is 0.305 e. The number of nitrogens with one attached hydrogen (secondary N) is 2. The van der Waals surface area contributed by atoms with Gasteiger partial charge in [0.15, 0.2) is 0 Å². The van der Waals surface area contributed by atoms with Crippen LogP contribution in [0.5, 0.6) is 0 Å². The summed E-state index contributed by atoms with van der Waals surface area (Å²) in [6.07, 6.45) is 1.17. The maximum absolute atomic E-state index is 12.8. The van der Waals surface area contributed by atoms with Crippen LogP contribution >= 0.6 is 0 Å². The van der Waals surface area contributed by atoms with Gasteiger partial charge < -0.3 is 20.5 Å². The first-order chi connectivity index (χ1) is 14.0. The van der Waals surface area contributed by atoms with Gasteiger partial charge in [0.1, 0.15) is 0 Å². The minimum atomic E-state index is -0.969. The molecular formula is C22H24N2O5. The van der Waals surface area contributed by atoms with Crippen LogP contribution in [0.25, 0.3) is 0 Å². The Kier molecular flexibility index (Phi) is 6.97. The molecule has 0 aromatic heterocycles. The molecule has 0 spiro atoms. The van der Waals surface area contributed by atoms with Gasteiger partial charge in [0.25, 0.3) is 5.91 Å². The van der Waals surface area contributed by atoms with Crippen molar-refractivity contribution in [3.8, 4) is 0 Å². The van der Waals surface area contributed by atoms with Crippen LogP contribution in [0.15, 0.2) is 54.6 Å². The second kappa shape index (κ2) is 9.84. The third kappa shape index (κ3) is 5.65. The Morgan fingerprint density at radius 1 is 1.03 bits per heavy atom. The van der Waals surface area contributed by atoms with E-state index in [2.05, 4.69) is 10.6 Å². The van der Waals surface area contributed by atoms with Crippen LogP contribution in [0.4, 0.5) is 5.69 Å². The van der Waals surface area contributed by atoms with Crippen molar-refractivity contribution < 1.29 is 24.2 Å². The Morgan fingerprint density at radius 3 is 2.45 bits per heavy atom. The Hall–Kier alpha value is -3.19. The van der Waals surface area contributed by atoms with Gasteiger partial charge in [0.2, 0.25) is 5.91 Å². The number of carbonyl (C=O) groups is 3. The molecular weight excluding hydrogens is 372 g/mol. The predicted molar refractivity (Wildman–Crippen MR) is 108 cm³/mol. The summed E-state index contributed by atoms with van der Waals surface area (Å²) in [6.45, 7) is 0.699. The number of anilines is 1. The second-order valence-corrected chi connectivity index (χ2v) is 6.92. The highest BCUT2D eigenvalue weighted by Crippen LogP contribution is 2.34. The molecule has 2 amide bonds. The van der Waals surface area contributed by atoms with Gasteiger partial charge in [-0.2, -0.15) is 0 Å². The zero-order chi connectivity index (χ0) is 20.6. The van der Waals surface area contributed by atoms with Crippen LogP contribution < -0.4 is 10.6 Å². The number of amides is 2. The third-order valence-electron chi connectivity index (χ3n) is 4.83. The number of benzene rings is 2. The van der Waals surface area contributed by atoms with E-state index in [1.165, 1.54) is 0 Å². The SMILES string of the molecule is O=C(O)CCNC(=O)c1ccc(NC(=O)C2CCCOC2c2ccccc2)cc1. The quantitative estimate of drug-likeness (QED) is 0.667. The molecule has 2 aromatic carbocycles. The maximum atomic E-state index is 12.8. The van der Waals surface area contributed by atoms with E-state index in [9.17, 15) is 14.4 Å². The normalized spacial score (nSPS) is 18.6. The van der Waals surface area contributed by atoms with E-state index in [0.29, 0.717) is 17.9 Å². The number of hydrogen-bond donors (Lipinski definition) is 3. The minimum absolute atomic E-state index is 0.0647. The van der Waals surface area contributed by atoms with Gasteiger partial charge >= 0.3 is 5.97 Å². The van der Waals surface area contributed by atoms with E-state index < -0.39 is 5.97 Å². The van der Waals surface area contributed by atoms with Crippen molar-refractivity contribution in [1.29, 1.82) is 0 Å². The summed E-state index contributed by atoms with van der Waals surface area (Å²) in [6, 6.07) is 16.2. The molecule has 2 aromatic rings. The Balaban J connectivity index is 1.61. The van der Waals surface area contributed by atoms with Crippen LogP contribution in [0.3, 0.4) is 0 Å². The summed E-state index contributed by atoms with van der Waals surface area (Å²) >= 11 is 0. The van der Waals surface area contributed by atoms with Crippen molar-refractivity contribution in [2.45, 2.75) is 25.4 Å². The van der Waals surface area contributed by atoms with Crippen molar-refractivity contribution in [3.63, 3.8) is 0 Å². The molecule has 3 rings (SSSR count). The van der Waals surface area contributed by atoms with Gasteiger partial charge in [-0.1, -0.05) is 30.3 Å². The van der Waals surface area contributed by atoms with Gasteiger partial charge in [-0.3, -0.25) is 14.4 Å². The van der Waals surface area contributed by atoms with E-state index in [-0.39, 0.29) is 36.8 Å². The first-order valence-corrected chi connectivity index (χ1v) is 9.62. The molecule has 0 bridgehead atoms. The summed E-state index contributed by atoms with van der Waals surface area (Å²) in [5, 5.41) is 14.1. The van der Waals surface area contributed by atoms with Gasteiger partial charge in [0, 0.05) is 24.4 Å². The number of aliphatic carboxylic acids is 1. The molecule has 1 aliphatic heterocycles. The highest BCUT2D eigenvalue weighted by atomic mass is 16.5. The lowest BCUT2D eigenvalue weighted by molar-refractivity contribution is -0.136. The van der Waals surface area contributed by atoms with Crippen LogP contribution in [0, 0.1) is 5.92 Å². The number of hydrogen-bond acceptors (Lipinski definition) is 4. The van der Waals surface area contributed by atoms with E-state index in [1.807, 2.05) is 30.3 Å². The number of ether oxygens (including phenoxy) is 1. The van der Waals surface area contributed by atoms with Crippen LogP contribution in [0.1, 0.15) is 41.3 Å². The average molecular weight is 396 g/mol. The van der Waals surface area contributed by atoms with Gasteiger partial charge in [-0.15, -0.1) is 0 Å². The molecule has 0 aliphatic carbocycles. The van der Waals surface area contributed by atoms with Crippen LogP contribution in [0.2, 0.25) is 0 Å². The molecule has 7 nitrogen and oxygen atoms in total. The average Bonchev–Trinajstić information content (AvgIpc) is 2.74. The first-order valence-electron chi connectivity index (χ1n) is 9.62. The Labute approximate surface area is 169 Å². The summed E-state index contributed by atoms with van der Waals surface area (Å²) < 4.78 is 5.88.